The minimum absolute atomic E-state index is 0.302. The predicted molar refractivity (Wildman–Crippen MR) is 78.0 cm³/mol. The summed E-state index contributed by atoms with van der Waals surface area (Å²) in [6, 6.07) is 8.42. The predicted octanol–water partition coefficient (Wildman–Crippen LogP) is 3.31. The van der Waals surface area contributed by atoms with Gasteiger partial charge in [-0.25, -0.2) is 0 Å². The van der Waals surface area contributed by atoms with Crippen LogP contribution in [-0.4, -0.2) is 28.7 Å². The average Bonchev–Trinajstić information content (AvgIpc) is 2.37. The van der Waals surface area contributed by atoms with Crippen LogP contribution in [0.1, 0.15) is 30.4 Å². The Bertz CT molecular complexity index is 411. The molecular formula is C15H20BrNO. The molecule has 1 aliphatic heterocycles. The van der Waals surface area contributed by atoms with Crippen LogP contribution in [0.25, 0.3) is 0 Å². The van der Waals surface area contributed by atoms with Crippen LogP contribution >= 0.6 is 15.9 Å². The Balaban J connectivity index is 1.81. The molecule has 2 rings (SSSR count). The highest BCUT2D eigenvalue weighted by molar-refractivity contribution is 9.09. The fraction of sp³-hybridized carbons (Fsp3) is 0.533. The zero-order valence-electron chi connectivity index (χ0n) is 10.9. The van der Waals surface area contributed by atoms with E-state index in [4.69, 9.17) is 0 Å². The van der Waals surface area contributed by atoms with Crippen molar-refractivity contribution in [1.82, 2.24) is 4.90 Å². The number of halogens is 1. The number of nitrogens with zero attached hydrogens (tertiary/aromatic N) is 1. The molecule has 0 unspecified atom stereocenters. The second-order valence-electron chi connectivity index (χ2n) is 5.04. The molecule has 0 radical (unpaired) electrons. The van der Waals surface area contributed by atoms with Gasteiger partial charge in [0.15, 0.2) is 0 Å². The fourth-order valence-electron chi connectivity index (χ4n) is 2.37. The van der Waals surface area contributed by atoms with Crippen LogP contribution in [0, 0.1) is 6.92 Å². The van der Waals surface area contributed by atoms with Crippen LogP contribution in [0.3, 0.4) is 0 Å². The maximum atomic E-state index is 12.1. The van der Waals surface area contributed by atoms with E-state index >= 15 is 0 Å². The molecule has 0 saturated carbocycles. The van der Waals surface area contributed by atoms with Crippen molar-refractivity contribution in [1.29, 1.82) is 0 Å². The second kappa shape index (κ2) is 6.37. The van der Waals surface area contributed by atoms with Gasteiger partial charge in [-0.2, -0.15) is 0 Å². The third-order valence-corrected chi connectivity index (χ3v) is 4.40. The number of carbonyl (C=O) groups excluding carboxylic acids is 1. The van der Waals surface area contributed by atoms with E-state index in [1.165, 1.54) is 11.1 Å². The highest BCUT2D eigenvalue weighted by Gasteiger charge is 2.20. The molecule has 0 N–H and O–H groups in total. The van der Waals surface area contributed by atoms with Crippen molar-refractivity contribution in [2.24, 2.45) is 0 Å². The number of hydrogen-bond donors (Lipinski definition) is 0. The zero-order chi connectivity index (χ0) is 13.0. The van der Waals surface area contributed by atoms with Gasteiger partial charge in [-0.1, -0.05) is 45.8 Å². The molecule has 1 saturated heterocycles. The van der Waals surface area contributed by atoms with Crippen molar-refractivity contribution in [2.75, 3.05) is 13.1 Å². The highest BCUT2D eigenvalue weighted by atomic mass is 79.9. The quantitative estimate of drug-likeness (QED) is 0.784. The minimum Gasteiger partial charge on any atom is -0.343 e. The second-order valence-corrected chi connectivity index (χ2v) is 6.34. The lowest BCUT2D eigenvalue weighted by Crippen LogP contribution is -2.38. The van der Waals surface area contributed by atoms with Gasteiger partial charge in [-0.15, -0.1) is 0 Å². The Morgan fingerprint density at radius 3 is 2.78 bits per heavy atom. The van der Waals surface area contributed by atoms with E-state index in [0.29, 0.717) is 17.2 Å². The Morgan fingerprint density at radius 2 is 2.11 bits per heavy atom. The molecule has 0 bridgehead atoms. The van der Waals surface area contributed by atoms with Crippen molar-refractivity contribution in [3.8, 4) is 0 Å². The van der Waals surface area contributed by atoms with Gasteiger partial charge in [0, 0.05) is 24.3 Å². The highest BCUT2D eigenvalue weighted by Crippen LogP contribution is 2.18. The van der Waals surface area contributed by atoms with Gasteiger partial charge in [-0.05, 0) is 31.7 Å². The number of likely N-dealkylation sites (tertiary alicyclic amines) is 1. The van der Waals surface area contributed by atoms with E-state index in [1.54, 1.807) is 0 Å². The molecule has 1 aliphatic rings. The van der Waals surface area contributed by atoms with Crippen molar-refractivity contribution >= 4 is 21.8 Å². The van der Waals surface area contributed by atoms with Gasteiger partial charge < -0.3 is 4.90 Å². The normalized spacial score (nSPS) is 16.9. The zero-order valence-corrected chi connectivity index (χ0v) is 12.4. The van der Waals surface area contributed by atoms with Crippen LogP contribution in [0.5, 0.6) is 0 Å². The number of piperidine rings is 1. The minimum atomic E-state index is 0.302. The smallest absolute Gasteiger partial charge is 0.222 e. The van der Waals surface area contributed by atoms with E-state index < -0.39 is 0 Å². The molecule has 0 aliphatic carbocycles. The SMILES string of the molecule is Cc1cccc(CCC(=O)N2CCC(Br)CC2)c1. The van der Waals surface area contributed by atoms with Crippen molar-refractivity contribution < 1.29 is 4.79 Å². The molecule has 0 atom stereocenters. The number of rotatable bonds is 3. The lowest BCUT2D eigenvalue weighted by molar-refractivity contribution is -0.131. The summed E-state index contributed by atoms with van der Waals surface area (Å²) in [4.78, 5) is 14.7. The first-order chi connectivity index (χ1) is 8.65. The number of carbonyl (C=O) groups is 1. The van der Waals surface area contributed by atoms with Gasteiger partial charge in [0.05, 0.1) is 0 Å². The summed E-state index contributed by atoms with van der Waals surface area (Å²) in [5, 5.41) is 0. The first-order valence-corrected chi connectivity index (χ1v) is 7.54. The van der Waals surface area contributed by atoms with Crippen LogP contribution < -0.4 is 0 Å². The van der Waals surface area contributed by atoms with Crippen molar-refractivity contribution in [3.05, 3.63) is 35.4 Å². The molecular weight excluding hydrogens is 290 g/mol. The number of aryl methyl sites for hydroxylation is 2. The van der Waals surface area contributed by atoms with Gasteiger partial charge in [0.2, 0.25) is 5.91 Å². The summed E-state index contributed by atoms with van der Waals surface area (Å²) in [6.45, 7) is 3.90. The molecule has 2 nitrogen and oxygen atoms in total. The van der Waals surface area contributed by atoms with Crippen LogP contribution in [0.4, 0.5) is 0 Å². The summed E-state index contributed by atoms with van der Waals surface area (Å²) < 4.78 is 0. The summed E-state index contributed by atoms with van der Waals surface area (Å²) in [5.74, 6) is 0.302. The number of hydrogen-bond acceptors (Lipinski definition) is 1. The molecule has 98 valence electrons. The molecule has 0 aromatic heterocycles. The van der Waals surface area contributed by atoms with Crippen LogP contribution in [0.15, 0.2) is 24.3 Å². The van der Waals surface area contributed by atoms with E-state index in [9.17, 15) is 4.79 Å². The molecule has 18 heavy (non-hydrogen) atoms. The van der Waals surface area contributed by atoms with Crippen LogP contribution in [-0.2, 0) is 11.2 Å². The van der Waals surface area contributed by atoms with E-state index in [2.05, 4.69) is 47.1 Å². The van der Waals surface area contributed by atoms with E-state index in [-0.39, 0.29) is 0 Å². The molecule has 1 aromatic rings. The summed E-state index contributed by atoms with van der Waals surface area (Å²) in [7, 11) is 0. The van der Waals surface area contributed by atoms with Gasteiger partial charge >= 0.3 is 0 Å². The maximum absolute atomic E-state index is 12.1. The standard InChI is InChI=1S/C15H20BrNO/c1-12-3-2-4-13(11-12)5-6-15(18)17-9-7-14(16)8-10-17/h2-4,11,14H,5-10H2,1H3. The van der Waals surface area contributed by atoms with Crippen molar-refractivity contribution in [3.63, 3.8) is 0 Å². The van der Waals surface area contributed by atoms with Gasteiger partial charge in [-0.3, -0.25) is 4.79 Å². The Labute approximate surface area is 117 Å². The Kier molecular flexibility index (Phi) is 4.81. The molecule has 0 spiro atoms. The Morgan fingerprint density at radius 1 is 1.39 bits per heavy atom. The first kappa shape index (κ1) is 13.6. The number of amides is 1. The number of benzene rings is 1. The molecule has 1 fully saturated rings. The lowest BCUT2D eigenvalue weighted by Gasteiger charge is -2.29. The van der Waals surface area contributed by atoms with Gasteiger partial charge in [0.1, 0.15) is 0 Å². The average molecular weight is 310 g/mol. The number of alkyl halides is 1. The monoisotopic (exact) mass is 309 g/mol. The summed E-state index contributed by atoms with van der Waals surface area (Å²) >= 11 is 3.61. The molecule has 1 amide bonds. The lowest BCUT2D eigenvalue weighted by atomic mass is 10.1. The van der Waals surface area contributed by atoms with E-state index in [0.717, 1.165) is 32.4 Å². The third kappa shape index (κ3) is 3.84. The van der Waals surface area contributed by atoms with Crippen LogP contribution in [0.2, 0.25) is 0 Å². The molecule has 3 heteroatoms. The first-order valence-electron chi connectivity index (χ1n) is 6.62. The summed E-state index contributed by atoms with van der Waals surface area (Å²) in [6.07, 6.45) is 3.65. The summed E-state index contributed by atoms with van der Waals surface area (Å²) in [5.41, 5.74) is 2.53. The third-order valence-electron chi connectivity index (χ3n) is 3.49. The van der Waals surface area contributed by atoms with Crippen molar-refractivity contribution in [2.45, 2.75) is 37.4 Å². The largest absolute Gasteiger partial charge is 0.343 e. The topological polar surface area (TPSA) is 20.3 Å². The van der Waals surface area contributed by atoms with E-state index in [1.807, 2.05) is 4.90 Å². The fourth-order valence-corrected chi connectivity index (χ4v) is 2.78. The maximum Gasteiger partial charge on any atom is 0.222 e. The van der Waals surface area contributed by atoms with Gasteiger partial charge in [0.25, 0.3) is 0 Å². The Hall–Kier alpha value is -0.830. The molecule has 1 heterocycles. The molecule has 1 aromatic carbocycles.